The highest BCUT2D eigenvalue weighted by molar-refractivity contribution is 6.07. The number of nitrogens with one attached hydrogen (secondary N) is 1. The monoisotopic (exact) mass is 380 g/mol. The maximum absolute atomic E-state index is 13.4. The minimum Gasteiger partial charge on any atom is -0.367 e. The average Bonchev–Trinajstić information content (AvgIpc) is 3.03. The van der Waals surface area contributed by atoms with Gasteiger partial charge in [-0.05, 0) is 34.4 Å². The molecule has 1 saturated heterocycles. The second-order valence-corrected chi connectivity index (χ2v) is 8.07. The summed E-state index contributed by atoms with van der Waals surface area (Å²) in [4.78, 5) is 28.3. The predicted octanol–water partition coefficient (Wildman–Crippen LogP) is 3.95. The van der Waals surface area contributed by atoms with E-state index >= 15 is 0 Å². The van der Waals surface area contributed by atoms with Crippen molar-refractivity contribution in [2.75, 3.05) is 12.0 Å². The molecule has 4 nitrogen and oxygen atoms in total. The van der Waals surface area contributed by atoms with Crippen LogP contribution >= 0.6 is 0 Å². The Bertz CT molecular complexity index is 1020. The molecule has 1 aliphatic heterocycles. The Morgan fingerprint density at radius 3 is 1.48 bits per heavy atom. The molecule has 0 radical (unpaired) electrons. The molecule has 3 aliphatic carbocycles. The zero-order valence-corrected chi connectivity index (χ0v) is 15.8. The SMILES string of the molecule is O=C1[C@@H]2C3c4ccccc4C(c4ccccc43)[C@@H]2C(=O)N1CNc1ccccc1. The van der Waals surface area contributed by atoms with E-state index in [0.717, 1.165) is 5.69 Å². The molecule has 142 valence electrons. The van der Waals surface area contributed by atoms with E-state index in [-0.39, 0.29) is 42.2 Å². The van der Waals surface area contributed by atoms with Crippen molar-refractivity contribution in [3.63, 3.8) is 0 Å². The van der Waals surface area contributed by atoms with Crippen molar-refractivity contribution < 1.29 is 9.59 Å². The third-order valence-electron chi connectivity index (χ3n) is 6.75. The molecule has 2 atom stereocenters. The van der Waals surface area contributed by atoms with Crippen LogP contribution in [0.5, 0.6) is 0 Å². The van der Waals surface area contributed by atoms with Crippen molar-refractivity contribution >= 4 is 17.5 Å². The first-order chi connectivity index (χ1) is 14.3. The van der Waals surface area contributed by atoms with E-state index in [1.54, 1.807) is 0 Å². The lowest BCUT2D eigenvalue weighted by Crippen LogP contribution is -2.41. The Labute approximate surface area is 169 Å². The van der Waals surface area contributed by atoms with Gasteiger partial charge in [0.2, 0.25) is 11.8 Å². The molecule has 0 unspecified atom stereocenters. The summed E-state index contributed by atoms with van der Waals surface area (Å²) in [6, 6.07) is 26.3. The van der Waals surface area contributed by atoms with Crippen LogP contribution in [0.1, 0.15) is 34.1 Å². The minimum absolute atomic E-state index is 0.0458. The number of hydrogen-bond acceptors (Lipinski definition) is 3. The van der Waals surface area contributed by atoms with Crippen LogP contribution in [0.15, 0.2) is 78.9 Å². The molecule has 29 heavy (non-hydrogen) atoms. The molecular weight excluding hydrogens is 360 g/mol. The molecule has 0 spiro atoms. The fraction of sp³-hybridized carbons (Fsp3) is 0.200. The maximum atomic E-state index is 13.4. The van der Waals surface area contributed by atoms with Gasteiger partial charge < -0.3 is 5.32 Å². The highest BCUT2D eigenvalue weighted by Crippen LogP contribution is 2.60. The van der Waals surface area contributed by atoms with E-state index in [2.05, 4.69) is 29.6 Å². The van der Waals surface area contributed by atoms with Gasteiger partial charge in [-0.15, -0.1) is 0 Å². The Morgan fingerprint density at radius 1 is 0.621 bits per heavy atom. The number of rotatable bonds is 3. The molecule has 4 aliphatic rings. The number of amides is 2. The van der Waals surface area contributed by atoms with Crippen molar-refractivity contribution in [2.24, 2.45) is 11.8 Å². The van der Waals surface area contributed by atoms with Crippen LogP contribution in [0.4, 0.5) is 5.69 Å². The van der Waals surface area contributed by atoms with Crippen LogP contribution < -0.4 is 5.32 Å². The Morgan fingerprint density at radius 2 is 1.03 bits per heavy atom. The standard InChI is InChI=1S/C25H20N2O2/c28-24-22-20-16-10-4-5-11-17(16)21(19-13-7-6-12-18(19)20)23(22)25(29)27(24)14-26-15-8-2-1-3-9-15/h1-13,20-23,26H,14H2/t20?,21?,22-,23+. The molecule has 0 saturated carbocycles. The first kappa shape index (κ1) is 16.5. The van der Waals surface area contributed by atoms with Crippen LogP contribution in [-0.4, -0.2) is 23.4 Å². The van der Waals surface area contributed by atoms with Gasteiger partial charge in [0, 0.05) is 17.5 Å². The lowest BCUT2D eigenvalue weighted by Gasteiger charge is -2.45. The van der Waals surface area contributed by atoms with Gasteiger partial charge in [-0.25, -0.2) is 0 Å². The summed E-state index contributed by atoms with van der Waals surface area (Å²) in [5.41, 5.74) is 5.72. The van der Waals surface area contributed by atoms with Crippen LogP contribution in [0.3, 0.4) is 0 Å². The van der Waals surface area contributed by atoms with E-state index in [1.165, 1.54) is 27.2 Å². The summed E-state index contributed by atoms with van der Waals surface area (Å²) in [6.45, 7) is 0.209. The number of carbonyl (C=O) groups excluding carboxylic acids is 2. The molecule has 4 heteroatoms. The second-order valence-electron chi connectivity index (χ2n) is 8.07. The van der Waals surface area contributed by atoms with E-state index in [1.807, 2.05) is 54.6 Å². The third kappa shape index (κ3) is 2.20. The van der Waals surface area contributed by atoms with Gasteiger partial charge in [-0.3, -0.25) is 14.5 Å². The van der Waals surface area contributed by atoms with E-state index in [9.17, 15) is 9.59 Å². The van der Waals surface area contributed by atoms with Gasteiger partial charge in [0.15, 0.2) is 0 Å². The average molecular weight is 380 g/mol. The fourth-order valence-electron chi connectivity index (χ4n) is 5.62. The van der Waals surface area contributed by atoms with Crippen LogP contribution in [0.2, 0.25) is 0 Å². The molecule has 0 aromatic heterocycles. The lowest BCUT2D eigenvalue weighted by atomic mass is 9.55. The molecule has 1 heterocycles. The number of imide groups is 1. The highest BCUT2D eigenvalue weighted by atomic mass is 16.2. The quantitative estimate of drug-likeness (QED) is 0.700. The zero-order chi connectivity index (χ0) is 19.5. The number of para-hydroxylation sites is 1. The van der Waals surface area contributed by atoms with E-state index in [4.69, 9.17) is 0 Å². The van der Waals surface area contributed by atoms with Gasteiger partial charge in [0.1, 0.15) is 0 Å². The minimum atomic E-state index is -0.310. The number of benzene rings is 3. The van der Waals surface area contributed by atoms with Gasteiger partial charge in [0.25, 0.3) is 0 Å². The first-order valence-electron chi connectivity index (χ1n) is 10.1. The van der Waals surface area contributed by atoms with Crippen LogP contribution in [0, 0.1) is 11.8 Å². The van der Waals surface area contributed by atoms with Gasteiger partial charge >= 0.3 is 0 Å². The van der Waals surface area contributed by atoms with Gasteiger partial charge in [0.05, 0.1) is 18.5 Å². The predicted molar refractivity (Wildman–Crippen MR) is 110 cm³/mol. The van der Waals surface area contributed by atoms with Crippen molar-refractivity contribution in [1.29, 1.82) is 0 Å². The lowest BCUT2D eigenvalue weighted by molar-refractivity contribution is -0.139. The summed E-state index contributed by atoms with van der Waals surface area (Å²) >= 11 is 0. The summed E-state index contributed by atoms with van der Waals surface area (Å²) in [7, 11) is 0. The molecule has 3 aromatic carbocycles. The van der Waals surface area contributed by atoms with Crippen LogP contribution in [-0.2, 0) is 9.59 Å². The zero-order valence-electron chi connectivity index (χ0n) is 15.8. The van der Waals surface area contributed by atoms with Gasteiger partial charge in [-0.1, -0.05) is 66.7 Å². The third-order valence-corrected chi connectivity index (χ3v) is 6.75. The summed E-state index contributed by atoms with van der Waals surface area (Å²) < 4.78 is 0. The van der Waals surface area contributed by atoms with E-state index < -0.39 is 0 Å². The first-order valence-corrected chi connectivity index (χ1v) is 10.1. The highest BCUT2D eigenvalue weighted by Gasteiger charge is 2.61. The number of hydrogen-bond donors (Lipinski definition) is 1. The summed E-state index contributed by atoms with van der Waals surface area (Å²) in [6.07, 6.45) is 0. The largest absolute Gasteiger partial charge is 0.367 e. The Kier molecular flexibility index (Phi) is 3.45. The second kappa shape index (κ2) is 6.05. The fourth-order valence-corrected chi connectivity index (χ4v) is 5.62. The molecule has 1 N–H and O–H groups in total. The van der Waals surface area contributed by atoms with Crippen molar-refractivity contribution in [3.8, 4) is 0 Å². The Hall–Kier alpha value is -3.40. The van der Waals surface area contributed by atoms with Crippen molar-refractivity contribution in [3.05, 3.63) is 101 Å². The number of nitrogens with zero attached hydrogens (tertiary/aromatic N) is 1. The van der Waals surface area contributed by atoms with Crippen molar-refractivity contribution in [1.82, 2.24) is 4.90 Å². The number of carbonyl (C=O) groups is 2. The summed E-state index contributed by atoms with van der Waals surface area (Å²) in [5, 5.41) is 3.23. The van der Waals surface area contributed by atoms with E-state index in [0.29, 0.717) is 0 Å². The molecular formula is C25H20N2O2. The summed E-state index contributed by atoms with van der Waals surface area (Å²) in [5.74, 6) is -0.819. The van der Waals surface area contributed by atoms with Gasteiger partial charge in [-0.2, -0.15) is 0 Å². The maximum Gasteiger partial charge on any atom is 0.235 e. The molecule has 3 aromatic rings. The number of likely N-dealkylation sites (tertiary alicyclic amines) is 1. The molecule has 7 rings (SSSR count). The normalized spacial score (nSPS) is 26.1. The topological polar surface area (TPSA) is 49.4 Å². The number of anilines is 1. The van der Waals surface area contributed by atoms with Crippen LogP contribution in [0.25, 0.3) is 0 Å². The molecule has 1 fully saturated rings. The van der Waals surface area contributed by atoms with Crippen molar-refractivity contribution in [2.45, 2.75) is 11.8 Å². The molecule has 2 amide bonds. The molecule has 2 bridgehead atoms. The Balaban J connectivity index is 1.42. The smallest absolute Gasteiger partial charge is 0.235 e.